The Morgan fingerprint density at radius 1 is 1.31 bits per heavy atom. The molecule has 2 fully saturated rings. The summed E-state index contributed by atoms with van der Waals surface area (Å²) in [6.45, 7) is 4.17. The minimum absolute atomic E-state index is 0.0761. The van der Waals surface area contributed by atoms with Gasteiger partial charge in [0.2, 0.25) is 5.91 Å². The molecule has 1 aliphatic heterocycles. The molecule has 0 unspecified atom stereocenters. The van der Waals surface area contributed by atoms with Gasteiger partial charge in [-0.15, -0.1) is 0 Å². The lowest BCUT2D eigenvalue weighted by Gasteiger charge is -2.34. The van der Waals surface area contributed by atoms with Crippen molar-refractivity contribution in [2.75, 3.05) is 13.1 Å². The second kappa shape index (κ2) is 5.17. The molecular formula is C13H24N2O. The van der Waals surface area contributed by atoms with Crippen molar-refractivity contribution in [3.05, 3.63) is 0 Å². The van der Waals surface area contributed by atoms with Crippen molar-refractivity contribution in [3.8, 4) is 0 Å². The maximum Gasteiger partial charge on any atom is 0.237 e. The highest BCUT2D eigenvalue weighted by Gasteiger charge is 2.29. The van der Waals surface area contributed by atoms with Crippen LogP contribution < -0.4 is 10.6 Å². The Kier molecular flexibility index (Phi) is 3.85. The van der Waals surface area contributed by atoms with Crippen LogP contribution in [0.15, 0.2) is 0 Å². The number of amides is 1. The number of nitrogens with one attached hydrogen (secondary N) is 2. The first-order valence-corrected chi connectivity index (χ1v) is 6.71. The second-order valence-electron chi connectivity index (χ2n) is 5.74. The molecule has 0 aromatic rings. The number of hydrogen-bond acceptors (Lipinski definition) is 2. The lowest BCUT2D eigenvalue weighted by atomic mass is 9.76. The van der Waals surface area contributed by atoms with Crippen LogP contribution >= 0.6 is 0 Å². The van der Waals surface area contributed by atoms with Crippen LogP contribution in [0.4, 0.5) is 0 Å². The predicted octanol–water partition coefficient (Wildman–Crippen LogP) is 1.82. The highest BCUT2D eigenvalue weighted by atomic mass is 16.2. The van der Waals surface area contributed by atoms with Gasteiger partial charge in [0, 0.05) is 6.54 Å². The Morgan fingerprint density at radius 2 is 2.06 bits per heavy atom. The average Bonchev–Trinajstić information content (AvgIpc) is 2.80. The standard InChI is InChI=1S/C13H24N2O/c1-13(7-3-2-4-8-13)10-15-12(16)11-6-5-9-14-11/h11,14H,2-10H2,1H3,(H,15,16)/t11-/m0/s1. The van der Waals surface area contributed by atoms with E-state index in [0.29, 0.717) is 5.41 Å². The van der Waals surface area contributed by atoms with E-state index in [4.69, 9.17) is 0 Å². The Hall–Kier alpha value is -0.570. The SMILES string of the molecule is CC1(CNC(=O)[C@@H]2CCCN2)CCCCC1. The first kappa shape index (κ1) is 11.9. The van der Waals surface area contributed by atoms with Crippen LogP contribution in [0.25, 0.3) is 0 Å². The third kappa shape index (κ3) is 2.97. The molecule has 2 aliphatic rings. The van der Waals surface area contributed by atoms with Crippen LogP contribution in [-0.4, -0.2) is 25.0 Å². The molecule has 1 amide bonds. The molecule has 1 heterocycles. The fraction of sp³-hybridized carbons (Fsp3) is 0.923. The molecule has 1 saturated heterocycles. The van der Waals surface area contributed by atoms with Gasteiger partial charge in [0.05, 0.1) is 6.04 Å². The highest BCUT2D eigenvalue weighted by molar-refractivity contribution is 5.82. The summed E-state index contributed by atoms with van der Waals surface area (Å²) in [6, 6.07) is 0.0761. The minimum atomic E-state index is 0.0761. The van der Waals surface area contributed by atoms with Gasteiger partial charge in [0.15, 0.2) is 0 Å². The van der Waals surface area contributed by atoms with Gasteiger partial charge in [0.25, 0.3) is 0 Å². The minimum Gasteiger partial charge on any atom is -0.354 e. The van der Waals surface area contributed by atoms with E-state index in [9.17, 15) is 4.79 Å². The molecule has 0 aromatic carbocycles. The number of hydrogen-bond donors (Lipinski definition) is 2. The molecule has 0 bridgehead atoms. The first-order valence-electron chi connectivity index (χ1n) is 6.71. The molecular weight excluding hydrogens is 200 g/mol. The van der Waals surface area contributed by atoms with E-state index in [1.54, 1.807) is 0 Å². The largest absolute Gasteiger partial charge is 0.354 e. The van der Waals surface area contributed by atoms with Gasteiger partial charge >= 0.3 is 0 Å². The molecule has 16 heavy (non-hydrogen) atoms. The zero-order valence-corrected chi connectivity index (χ0v) is 10.3. The molecule has 1 saturated carbocycles. The Bertz CT molecular complexity index is 240. The Balaban J connectivity index is 1.75. The molecule has 1 atom stereocenters. The summed E-state index contributed by atoms with van der Waals surface area (Å²) in [5.74, 6) is 0.212. The van der Waals surface area contributed by atoms with E-state index in [2.05, 4.69) is 17.6 Å². The molecule has 92 valence electrons. The fourth-order valence-corrected chi connectivity index (χ4v) is 2.91. The Labute approximate surface area is 98.4 Å². The third-order valence-electron chi connectivity index (χ3n) is 4.13. The van der Waals surface area contributed by atoms with E-state index >= 15 is 0 Å². The van der Waals surface area contributed by atoms with Gasteiger partial charge in [-0.05, 0) is 37.6 Å². The summed E-state index contributed by atoms with van der Waals surface area (Å²) in [5, 5.41) is 6.38. The summed E-state index contributed by atoms with van der Waals surface area (Å²) >= 11 is 0. The summed E-state index contributed by atoms with van der Waals surface area (Å²) in [6.07, 6.45) is 8.70. The maximum absolute atomic E-state index is 11.9. The fourth-order valence-electron chi connectivity index (χ4n) is 2.91. The first-order chi connectivity index (χ1) is 7.70. The summed E-state index contributed by atoms with van der Waals surface area (Å²) in [4.78, 5) is 11.9. The van der Waals surface area contributed by atoms with Gasteiger partial charge in [-0.3, -0.25) is 4.79 Å². The second-order valence-corrected chi connectivity index (χ2v) is 5.74. The van der Waals surface area contributed by atoms with Crippen molar-refractivity contribution >= 4 is 5.91 Å². The van der Waals surface area contributed by atoms with Gasteiger partial charge in [-0.2, -0.15) is 0 Å². The predicted molar refractivity (Wildman–Crippen MR) is 65.2 cm³/mol. The van der Waals surface area contributed by atoms with Crippen molar-refractivity contribution in [2.24, 2.45) is 5.41 Å². The van der Waals surface area contributed by atoms with Crippen LogP contribution in [0.2, 0.25) is 0 Å². The van der Waals surface area contributed by atoms with Crippen molar-refractivity contribution < 1.29 is 4.79 Å². The summed E-state index contributed by atoms with van der Waals surface area (Å²) < 4.78 is 0. The zero-order chi connectivity index (χ0) is 11.4. The van der Waals surface area contributed by atoms with Crippen molar-refractivity contribution in [2.45, 2.75) is 57.9 Å². The molecule has 3 heteroatoms. The van der Waals surface area contributed by atoms with E-state index in [1.165, 1.54) is 32.1 Å². The van der Waals surface area contributed by atoms with Crippen LogP contribution in [-0.2, 0) is 4.79 Å². The van der Waals surface area contributed by atoms with E-state index in [-0.39, 0.29) is 11.9 Å². The molecule has 0 radical (unpaired) electrons. The van der Waals surface area contributed by atoms with Gasteiger partial charge in [-0.25, -0.2) is 0 Å². The normalized spacial score (nSPS) is 28.9. The molecule has 0 spiro atoms. The van der Waals surface area contributed by atoms with E-state index in [0.717, 1.165) is 25.9 Å². The third-order valence-corrected chi connectivity index (χ3v) is 4.13. The van der Waals surface area contributed by atoms with Crippen molar-refractivity contribution in [1.29, 1.82) is 0 Å². The number of rotatable bonds is 3. The quantitative estimate of drug-likeness (QED) is 0.768. The summed E-state index contributed by atoms with van der Waals surface area (Å²) in [5.41, 5.74) is 0.354. The Morgan fingerprint density at radius 3 is 2.69 bits per heavy atom. The molecule has 1 aliphatic carbocycles. The van der Waals surface area contributed by atoms with Crippen LogP contribution in [0, 0.1) is 5.41 Å². The topological polar surface area (TPSA) is 41.1 Å². The molecule has 3 nitrogen and oxygen atoms in total. The highest BCUT2D eigenvalue weighted by Crippen LogP contribution is 2.34. The van der Waals surface area contributed by atoms with Gasteiger partial charge < -0.3 is 10.6 Å². The van der Waals surface area contributed by atoms with Crippen molar-refractivity contribution in [1.82, 2.24) is 10.6 Å². The van der Waals surface area contributed by atoms with Crippen LogP contribution in [0.3, 0.4) is 0 Å². The lowest BCUT2D eigenvalue weighted by molar-refractivity contribution is -0.123. The zero-order valence-electron chi connectivity index (χ0n) is 10.3. The van der Waals surface area contributed by atoms with Gasteiger partial charge in [-0.1, -0.05) is 26.2 Å². The van der Waals surface area contributed by atoms with Gasteiger partial charge in [0.1, 0.15) is 0 Å². The average molecular weight is 224 g/mol. The molecule has 2 N–H and O–H groups in total. The van der Waals surface area contributed by atoms with Crippen molar-refractivity contribution in [3.63, 3.8) is 0 Å². The van der Waals surface area contributed by atoms with Crippen LogP contribution in [0.1, 0.15) is 51.9 Å². The molecule has 0 aromatic heterocycles. The van der Waals surface area contributed by atoms with E-state index < -0.39 is 0 Å². The number of carbonyl (C=O) groups is 1. The smallest absolute Gasteiger partial charge is 0.237 e. The lowest BCUT2D eigenvalue weighted by Crippen LogP contribution is -2.45. The van der Waals surface area contributed by atoms with E-state index in [1.807, 2.05) is 0 Å². The number of carbonyl (C=O) groups excluding carboxylic acids is 1. The maximum atomic E-state index is 11.9. The molecule has 2 rings (SSSR count). The monoisotopic (exact) mass is 224 g/mol. The van der Waals surface area contributed by atoms with Crippen LogP contribution in [0.5, 0.6) is 0 Å². The summed E-state index contributed by atoms with van der Waals surface area (Å²) in [7, 11) is 0.